The van der Waals surface area contributed by atoms with Crippen LogP contribution >= 0.6 is 0 Å². The summed E-state index contributed by atoms with van der Waals surface area (Å²) in [6.07, 6.45) is 1.54. The number of carboxylic acids is 1. The monoisotopic (exact) mass is 240 g/mol. The SMILES string of the molecule is O=C(O)/C(=C/c1cccc(O)c1)c1ccccc1. The number of carbonyl (C=O) groups is 1. The quantitative estimate of drug-likeness (QED) is 0.640. The minimum atomic E-state index is -0.996. The lowest BCUT2D eigenvalue weighted by atomic mass is 10.0. The van der Waals surface area contributed by atoms with E-state index in [1.54, 1.807) is 42.5 Å². The van der Waals surface area contributed by atoms with Crippen LogP contribution in [0.3, 0.4) is 0 Å². The largest absolute Gasteiger partial charge is 0.508 e. The van der Waals surface area contributed by atoms with Gasteiger partial charge in [-0.2, -0.15) is 0 Å². The zero-order chi connectivity index (χ0) is 13.0. The molecule has 0 aliphatic rings. The highest BCUT2D eigenvalue weighted by atomic mass is 16.4. The molecular formula is C15H12O3. The van der Waals surface area contributed by atoms with Crippen molar-refractivity contribution < 1.29 is 15.0 Å². The van der Waals surface area contributed by atoms with Crippen molar-refractivity contribution >= 4 is 17.6 Å². The summed E-state index contributed by atoms with van der Waals surface area (Å²) in [6.45, 7) is 0. The zero-order valence-corrected chi connectivity index (χ0v) is 9.58. The molecule has 2 rings (SSSR count). The summed E-state index contributed by atoms with van der Waals surface area (Å²) in [5.74, 6) is -0.883. The average molecular weight is 240 g/mol. The number of rotatable bonds is 3. The Balaban J connectivity index is 2.46. The molecule has 0 amide bonds. The summed E-state index contributed by atoms with van der Waals surface area (Å²) in [5.41, 5.74) is 1.48. The van der Waals surface area contributed by atoms with Crippen molar-refractivity contribution in [1.29, 1.82) is 0 Å². The van der Waals surface area contributed by atoms with Gasteiger partial charge in [-0.1, -0.05) is 42.5 Å². The second-order valence-electron chi connectivity index (χ2n) is 3.82. The average Bonchev–Trinajstić information content (AvgIpc) is 2.37. The van der Waals surface area contributed by atoms with Crippen LogP contribution in [0.4, 0.5) is 0 Å². The summed E-state index contributed by atoms with van der Waals surface area (Å²) in [7, 11) is 0. The lowest BCUT2D eigenvalue weighted by molar-refractivity contribution is -0.130. The van der Waals surface area contributed by atoms with E-state index in [9.17, 15) is 15.0 Å². The summed E-state index contributed by atoms with van der Waals surface area (Å²) in [5, 5.41) is 18.6. The molecule has 3 heteroatoms. The van der Waals surface area contributed by atoms with Gasteiger partial charge in [-0.3, -0.25) is 0 Å². The van der Waals surface area contributed by atoms with E-state index in [2.05, 4.69) is 0 Å². The van der Waals surface area contributed by atoms with E-state index in [1.807, 2.05) is 6.07 Å². The maximum atomic E-state index is 11.3. The molecule has 0 fully saturated rings. The first kappa shape index (κ1) is 11.9. The topological polar surface area (TPSA) is 57.5 Å². The summed E-state index contributed by atoms with van der Waals surface area (Å²) in [6, 6.07) is 15.4. The Morgan fingerprint density at radius 3 is 2.33 bits per heavy atom. The van der Waals surface area contributed by atoms with Crippen LogP contribution in [-0.2, 0) is 4.79 Å². The summed E-state index contributed by atoms with van der Waals surface area (Å²) >= 11 is 0. The summed E-state index contributed by atoms with van der Waals surface area (Å²) < 4.78 is 0. The maximum Gasteiger partial charge on any atom is 0.336 e. The lowest BCUT2D eigenvalue weighted by Gasteiger charge is -2.03. The van der Waals surface area contributed by atoms with E-state index in [4.69, 9.17) is 0 Å². The van der Waals surface area contributed by atoms with Crippen molar-refractivity contribution in [3.05, 3.63) is 65.7 Å². The second-order valence-corrected chi connectivity index (χ2v) is 3.82. The van der Waals surface area contributed by atoms with Crippen LogP contribution in [0.1, 0.15) is 11.1 Å². The summed E-state index contributed by atoms with van der Waals surface area (Å²) in [4.78, 5) is 11.3. The molecule has 2 N–H and O–H groups in total. The molecule has 0 heterocycles. The Morgan fingerprint density at radius 2 is 1.72 bits per heavy atom. The Morgan fingerprint density at radius 1 is 1.00 bits per heavy atom. The molecule has 0 aliphatic carbocycles. The van der Waals surface area contributed by atoms with Crippen molar-refractivity contribution in [2.75, 3.05) is 0 Å². The van der Waals surface area contributed by atoms with Crippen molar-refractivity contribution in [1.82, 2.24) is 0 Å². The van der Waals surface area contributed by atoms with E-state index in [-0.39, 0.29) is 11.3 Å². The Hall–Kier alpha value is -2.55. The number of phenols is 1. The third kappa shape index (κ3) is 2.77. The van der Waals surface area contributed by atoms with Gasteiger partial charge in [-0.25, -0.2) is 4.79 Å². The Kier molecular flexibility index (Phi) is 3.44. The Bertz CT molecular complexity index is 586. The van der Waals surface area contributed by atoms with Crippen molar-refractivity contribution in [2.45, 2.75) is 0 Å². The molecule has 0 atom stereocenters. The number of hydrogen-bond acceptors (Lipinski definition) is 2. The lowest BCUT2D eigenvalue weighted by Crippen LogP contribution is -1.99. The van der Waals surface area contributed by atoms with Crippen LogP contribution in [0.15, 0.2) is 54.6 Å². The maximum absolute atomic E-state index is 11.3. The first-order chi connectivity index (χ1) is 8.66. The molecule has 18 heavy (non-hydrogen) atoms. The molecule has 2 aromatic rings. The third-order valence-corrected chi connectivity index (χ3v) is 2.50. The number of benzene rings is 2. The minimum absolute atomic E-state index is 0.113. The molecule has 0 aliphatic heterocycles. The van der Waals surface area contributed by atoms with Gasteiger partial charge in [0.25, 0.3) is 0 Å². The minimum Gasteiger partial charge on any atom is -0.508 e. The predicted octanol–water partition coefficient (Wildman–Crippen LogP) is 3.02. The fourth-order valence-corrected chi connectivity index (χ4v) is 1.67. The van der Waals surface area contributed by atoms with Crippen LogP contribution in [0, 0.1) is 0 Å². The molecule has 0 bridgehead atoms. The van der Waals surface area contributed by atoms with Crippen LogP contribution in [0.5, 0.6) is 5.75 Å². The third-order valence-electron chi connectivity index (χ3n) is 2.50. The van der Waals surface area contributed by atoms with Crippen molar-refractivity contribution in [3.63, 3.8) is 0 Å². The highest BCUT2D eigenvalue weighted by molar-refractivity contribution is 6.20. The molecule has 0 radical (unpaired) electrons. The molecule has 0 aromatic heterocycles. The highest BCUT2D eigenvalue weighted by Gasteiger charge is 2.09. The van der Waals surface area contributed by atoms with E-state index in [0.717, 1.165) is 0 Å². The molecule has 0 unspecified atom stereocenters. The number of aromatic hydroxyl groups is 1. The zero-order valence-electron chi connectivity index (χ0n) is 9.58. The first-order valence-electron chi connectivity index (χ1n) is 5.46. The van der Waals surface area contributed by atoms with Gasteiger partial charge in [-0.05, 0) is 29.3 Å². The van der Waals surface area contributed by atoms with Gasteiger partial charge in [0.2, 0.25) is 0 Å². The van der Waals surface area contributed by atoms with E-state index in [1.165, 1.54) is 12.1 Å². The van der Waals surface area contributed by atoms with Gasteiger partial charge < -0.3 is 10.2 Å². The number of phenolic OH excluding ortho intramolecular Hbond substituents is 1. The first-order valence-corrected chi connectivity index (χ1v) is 5.46. The molecular weight excluding hydrogens is 228 g/mol. The van der Waals surface area contributed by atoms with Crippen molar-refractivity contribution in [3.8, 4) is 5.75 Å². The van der Waals surface area contributed by atoms with Gasteiger partial charge in [0, 0.05) is 0 Å². The van der Waals surface area contributed by atoms with E-state index in [0.29, 0.717) is 11.1 Å². The van der Waals surface area contributed by atoms with Gasteiger partial charge in [0.05, 0.1) is 5.57 Å². The predicted molar refractivity (Wildman–Crippen MR) is 70.1 cm³/mol. The van der Waals surface area contributed by atoms with Crippen LogP contribution in [0.25, 0.3) is 11.6 Å². The highest BCUT2D eigenvalue weighted by Crippen LogP contribution is 2.20. The molecule has 0 saturated carbocycles. The van der Waals surface area contributed by atoms with E-state index < -0.39 is 5.97 Å². The Labute approximate surface area is 105 Å². The number of carboxylic acid groups (broad SMARTS) is 1. The van der Waals surface area contributed by atoms with E-state index >= 15 is 0 Å². The van der Waals surface area contributed by atoms with Crippen molar-refractivity contribution in [2.24, 2.45) is 0 Å². The van der Waals surface area contributed by atoms with Crippen LogP contribution < -0.4 is 0 Å². The molecule has 90 valence electrons. The van der Waals surface area contributed by atoms with Crippen LogP contribution in [-0.4, -0.2) is 16.2 Å². The molecule has 0 spiro atoms. The molecule has 0 saturated heterocycles. The van der Waals surface area contributed by atoms with Gasteiger partial charge >= 0.3 is 5.97 Å². The van der Waals surface area contributed by atoms with Crippen LogP contribution in [0.2, 0.25) is 0 Å². The number of hydrogen-bond donors (Lipinski definition) is 2. The fraction of sp³-hybridized carbons (Fsp3) is 0. The smallest absolute Gasteiger partial charge is 0.336 e. The number of aliphatic carboxylic acids is 1. The molecule has 2 aromatic carbocycles. The van der Waals surface area contributed by atoms with Gasteiger partial charge in [0.1, 0.15) is 5.75 Å². The van der Waals surface area contributed by atoms with Gasteiger partial charge in [0.15, 0.2) is 0 Å². The second kappa shape index (κ2) is 5.19. The van der Waals surface area contributed by atoms with Gasteiger partial charge in [-0.15, -0.1) is 0 Å². The fourth-order valence-electron chi connectivity index (χ4n) is 1.67. The normalized spacial score (nSPS) is 11.2. The standard InChI is InChI=1S/C15H12O3/c16-13-8-4-5-11(9-13)10-14(15(17)18)12-6-2-1-3-7-12/h1-10,16H,(H,17,18)/b14-10+. The molecule has 3 nitrogen and oxygen atoms in total.